The molecule has 2 rings (SSSR count). The third kappa shape index (κ3) is 3.70. The summed E-state index contributed by atoms with van der Waals surface area (Å²) < 4.78 is 13.8. The van der Waals surface area contributed by atoms with Crippen LogP contribution in [-0.4, -0.2) is 19.6 Å². The second kappa shape index (κ2) is 6.19. The second-order valence-electron chi connectivity index (χ2n) is 5.22. The molecule has 1 saturated carbocycles. The summed E-state index contributed by atoms with van der Waals surface area (Å²) in [6.07, 6.45) is 4.80. The standard InChI is InChI=1S/C15H23FN2/c1-3-4-9-18(2)15-10-12(5-8-14(15)16)11-17-13-6-7-13/h5,8,10,13,17H,3-4,6-7,9,11H2,1-2H3. The molecule has 1 aliphatic carbocycles. The Balaban J connectivity index is 1.99. The molecule has 1 aliphatic rings. The molecular formula is C15H23FN2. The van der Waals surface area contributed by atoms with Gasteiger partial charge in [-0.1, -0.05) is 19.4 Å². The van der Waals surface area contributed by atoms with Gasteiger partial charge in [0.15, 0.2) is 0 Å². The van der Waals surface area contributed by atoms with Crippen molar-refractivity contribution in [2.75, 3.05) is 18.5 Å². The van der Waals surface area contributed by atoms with Gasteiger partial charge in [-0.05, 0) is 37.0 Å². The van der Waals surface area contributed by atoms with Crippen LogP contribution in [0.2, 0.25) is 0 Å². The van der Waals surface area contributed by atoms with Gasteiger partial charge in [0, 0.05) is 26.2 Å². The first-order valence-electron chi connectivity index (χ1n) is 6.93. The van der Waals surface area contributed by atoms with Crippen molar-refractivity contribution in [3.8, 4) is 0 Å². The maximum absolute atomic E-state index is 13.8. The van der Waals surface area contributed by atoms with E-state index in [-0.39, 0.29) is 5.82 Å². The molecule has 1 fully saturated rings. The number of rotatable bonds is 7. The number of hydrogen-bond donors (Lipinski definition) is 1. The van der Waals surface area contributed by atoms with Crippen molar-refractivity contribution in [3.63, 3.8) is 0 Å². The summed E-state index contributed by atoms with van der Waals surface area (Å²) in [6.45, 7) is 3.91. The second-order valence-corrected chi connectivity index (χ2v) is 5.22. The summed E-state index contributed by atoms with van der Waals surface area (Å²) in [6, 6.07) is 6.13. The molecule has 0 aromatic heterocycles. The van der Waals surface area contributed by atoms with E-state index in [0.29, 0.717) is 6.04 Å². The van der Waals surface area contributed by atoms with Gasteiger partial charge in [-0.25, -0.2) is 4.39 Å². The Labute approximate surface area is 109 Å². The molecule has 0 atom stereocenters. The maximum atomic E-state index is 13.8. The molecule has 1 aromatic carbocycles. The molecule has 0 unspecified atom stereocenters. The number of unbranched alkanes of at least 4 members (excludes halogenated alkanes) is 1. The van der Waals surface area contributed by atoms with Crippen LogP contribution in [0.3, 0.4) is 0 Å². The Morgan fingerprint density at radius 1 is 1.39 bits per heavy atom. The number of anilines is 1. The molecule has 1 aromatic rings. The molecule has 0 heterocycles. The highest BCUT2D eigenvalue weighted by molar-refractivity contribution is 5.49. The molecule has 0 spiro atoms. The summed E-state index contributed by atoms with van der Waals surface area (Å²) in [5.41, 5.74) is 1.89. The normalized spacial score (nSPS) is 14.8. The summed E-state index contributed by atoms with van der Waals surface area (Å²) >= 11 is 0. The lowest BCUT2D eigenvalue weighted by Crippen LogP contribution is -2.20. The van der Waals surface area contributed by atoms with Gasteiger partial charge in [0.05, 0.1) is 5.69 Å². The Morgan fingerprint density at radius 2 is 2.17 bits per heavy atom. The van der Waals surface area contributed by atoms with E-state index in [0.717, 1.165) is 31.6 Å². The van der Waals surface area contributed by atoms with Gasteiger partial charge in [-0.2, -0.15) is 0 Å². The zero-order chi connectivity index (χ0) is 13.0. The highest BCUT2D eigenvalue weighted by atomic mass is 19.1. The highest BCUT2D eigenvalue weighted by Gasteiger charge is 2.20. The Bertz CT molecular complexity index is 388. The Morgan fingerprint density at radius 3 is 2.83 bits per heavy atom. The highest BCUT2D eigenvalue weighted by Crippen LogP contribution is 2.22. The van der Waals surface area contributed by atoms with Crippen molar-refractivity contribution in [2.24, 2.45) is 0 Å². The summed E-state index contributed by atoms with van der Waals surface area (Å²) in [7, 11) is 1.96. The number of hydrogen-bond acceptors (Lipinski definition) is 2. The van der Waals surface area contributed by atoms with E-state index in [1.54, 1.807) is 6.07 Å². The van der Waals surface area contributed by atoms with E-state index < -0.39 is 0 Å². The lowest BCUT2D eigenvalue weighted by atomic mass is 10.1. The van der Waals surface area contributed by atoms with Crippen LogP contribution in [0.25, 0.3) is 0 Å². The van der Waals surface area contributed by atoms with Gasteiger partial charge in [0.1, 0.15) is 5.82 Å². The lowest BCUT2D eigenvalue weighted by Gasteiger charge is -2.20. The molecule has 3 heteroatoms. The van der Waals surface area contributed by atoms with Gasteiger partial charge in [-0.15, -0.1) is 0 Å². The molecule has 100 valence electrons. The predicted molar refractivity (Wildman–Crippen MR) is 74.4 cm³/mol. The molecule has 0 radical (unpaired) electrons. The lowest BCUT2D eigenvalue weighted by molar-refractivity contribution is 0.616. The third-order valence-electron chi connectivity index (χ3n) is 3.44. The number of nitrogens with one attached hydrogen (secondary N) is 1. The quantitative estimate of drug-likeness (QED) is 0.798. The topological polar surface area (TPSA) is 15.3 Å². The van der Waals surface area contributed by atoms with Crippen LogP contribution in [-0.2, 0) is 6.54 Å². The van der Waals surface area contributed by atoms with Gasteiger partial charge < -0.3 is 10.2 Å². The van der Waals surface area contributed by atoms with E-state index >= 15 is 0 Å². The Kier molecular flexibility index (Phi) is 4.59. The van der Waals surface area contributed by atoms with E-state index in [1.807, 2.05) is 24.1 Å². The predicted octanol–water partition coefficient (Wildman–Crippen LogP) is 3.31. The van der Waals surface area contributed by atoms with Crippen LogP contribution < -0.4 is 10.2 Å². The van der Waals surface area contributed by atoms with Gasteiger partial charge in [-0.3, -0.25) is 0 Å². The molecule has 0 amide bonds. The number of benzene rings is 1. The van der Waals surface area contributed by atoms with Crippen molar-refractivity contribution in [3.05, 3.63) is 29.6 Å². The van der Waals surface area contributed by atoms with Crippen LogP contribution in [0, 0.1) is 5.82 Å². The summed E-state index contributed by atoms with van der Waals surface area (Å²) in [5.74, 6) is -0.122. The van der Waals surface area contributed by atoms with Gasteiger partial charge in [0.25, 0.3) is 0 Å². The molecule has 1 N–H and O–H groups in total. The van der Waals surface area contributed by atoms with Crippen LogP contribution in [0.15, 0.2) is 18.2 Å². The van der Waals surface area contributed by atoms with Crippen molar-refractivity contribution in [2.45, 2.75) is 45.2 Å². The minimum Gasteiger partial charge on any atom is -0.372 e. The Hall–Kier alpha value is -1.09. The first-order chi connectivity index (χ1) is 8.70. The molecule has 0 bridgehead atoms. The van der Waals surface area contributed by atoms with Gasteiger partial charge >= 0.3 is 0 Å². The summed E-state index contributed by atoms with van der Waals surface area (Å²) in [5, 5.41) is 3.46. The molecular weight excluding hydrogens is 227 g/mol. The third-order valence-corrected chi connectivity index (χ3v) is 3.44. The van der Waals surface area contributed by atoms with Crippen LogP contribution >= 0.6 is 0 Å². The number of nitrogens with zero attached hydrogens (tertiary/aromatic N) is 1. The average Bonchev–Trinajstić information content (AvgIpc) is 3.19. The van der Waals surface area contributed by atoms with Gasteiger partial charge in [0.2, 0.25) is 0 Å². The van der Waals surface area contributed by atoms with Crippen molar-refractivity contribution < 1.29 is 4.39 Å². The smallest absolute Gasteiger partial charge is 0.146 e. The maximum Gasteiger partial charge on any atom is 0.146 e. The first kappa shape index (κ1) is 13.3. The van der Waals surface area contributed by atoms with Crippen LogP contribution in [0.5, 0.6) is 0 Å². The minimum atomic E-state index is -0.122. The summed E-state index contributed by atoms with van der Waals surface area (Å²) in [4.78, 5) is 2.01. The molecule has 0 saturated heterocycles. The molecule has 2 nitrogen and oxygen atoms in total. The first-order valence-corrected chi connectivity index (χ1v) is 6.93. The van der Waals surface area contributed by atoms with E-state index in [1.165, 1.54) is 18.4 Å². The van der Waals surface area contributed by atoms with E-state index in [2.05, 4.69) is 12.2 Å². The monoisotopic (exact) mass is 250 g/mol. The SMILES string of the molecule is CCCCN(C)c1cc(CNC2CC2)ccc1F. The average molecular weight is 250 g/mol. The molecule has 18 heavy (non-hydrogen) atoms. The van der Waals surface area contributed by atoms with E-state index in [4.69, 9.17) is 0 Å². The fourth-order valence-electron chi connectivity index (χ4n) is 2.03. The number of halogens is 1. The van der Waals surface area contributed by atoms with E-state index in [9.17, 15) is 4.39 Å². The van der Waals surface area contributed by atoms with Crippen LogP contribution in [0.1, 0.15) is 38.2 Å². The zero-order valence-electron chi connectivity index (χ0n) is 11.4. The minimum absolute atomic E-state index is 0.122. The van der Waals surface area contributed by atoms with Crippen LogP contribution in [0.4, 0.5) is 10.1 Å². The van der Waals surface area contributed by atoms with Crippen molar-refractivity contribution in [1.29, 1.82) is 0 Å². The van der Waals surface area contributed by atoms with Crippen molar-refractivity contribution >= 4 is 5.69 Å². The largest absolute Gasteiger partial charge is 0.372 e. The fraction of sp³-hybridized carbons (Fsp3) is 0.600. The molecule has 0 aliphatic heterocycles. The fourth-order valence-corrected chi connectivity index (χ4v) is 2.03. The zero-order valence-corrected chi connectivity index (χ0v) is 11.4. The van der Waals surface area contributed by atoms with Crippen molar-refractivity contribution in [1.82, 2.24) is 5.32 Å².